The van der Waals surface area contributed by atoms with Gasteiger partial charge in [-0.2, -0.15) is 0 Å². The standard InChI is InChI=1S/C24H35N5O3S/c1-18-5-4-6-23(15-18)33(31,32)26-10-7-21-8-12-29(13-9-21)14-11-25-24(30)28-22-16-19(2)27-20(3)17-22/h4-6,15-17,21,26H,7-14H2,1-3H3,(H2,25,27,28,30). The number of carbonyl (C=O) groups excluding carboxylic acids is 1. The average molecular weight is 474 g/mol. The molecule has 1 aliphatic heterocycles. The predicted octanol–water partition coefficient (Wildman–Crippen LogP) is 3.21. The van der Waals surface area contributed by atoms with Crippen LogP contribution in [-0.4, -0.2) is 57.1 Å². The molecular weight excluding hydrogens is 438 g/mol. The predicted molar refractivity (Wildman–Crippen MR) is 131 cm³/mol. The fourth-order valence-corrected chi connectivity index (χ4v) is 5.32. The van der Waals surface area contributed by atoms with Crippen molar-refractivity contribution in [1.82, 2.24) is 19.9 Å². The van der Waals surface area contributed by atoms with Crippen LogP contribution in [0.3, 0.4) is 0 Å². The molecule has 1 saturated heterocycles. The summed E-state index contributed by atoms with van der Waals surface area (Å²) in [7, 11) is -3.45. The Balaban J connectivity index is 1.31. The summed E-state index contributed by atoms with van der Waals surface area (Å²) in [5, 5.41) is 5.76. The van der Waals surface area contributed by atoms with Gasteiger partial charge in [0.2, 0.25) is 10.0 Å². The summed E-state index contributed by atoms with van der Waals surface area (Å²) in [6, 6.07) is 10.4. The monoisotopic (exact) mass is 473 g/mol. The van der Waals surface area contributed by atoms with Gasteiger partial charge in [0, 0.05) is 36.7 Å². The molecule has 33 heavy (non-hydrogen) atoms. The maximum absolute atomic E-state index is 12.4. The highest BCUT2D eigenvalue weighted by molar-refractivity contribution is 7.89. The highest BCUT2D eigenvalue weighted by Gasteiger charge is 2.20. The third-order valence-corrected chi connectivity index (χ3v) is 7.36. The first-order valence-electron chi connectivity index (χ1n) is 11.5. The Hall–Kier alpha value is -2.49. The maximum Gasteiger partial charge on any atom is 0.319 e. The van der Waals surface area contributed by atoms with Crippen LogP contribution in [0.25, 0.3) is 0 Å². The summed E-state index contributed by atoms with van der Waals surface area (Å²) in [5.41, 5.74) is 3.42. The molecule has 1 fully saturated rings. The number of carbonyl (C=O) groups is 1. The Bertz CT molecular complexity index is 1030. The number of piperidine rings is 1. The van der Waals surface area contributed by atoms with Crippen LogP contribution in [0.1, 0.15) is 36.2 Å². The van der Waals surface area contributed by atoms with Gasteiger partial charge in [-0.05, 0) is 88.9 Å². The number of aromatic nitrogens is 1. The van der Waals surface area contributed by atoms with Crippen molar-refractivity contribution < 1.29 is 13.2 Å². The van der Waals surface area contributed by atoms with Crippen molar-refractivity contribution in [3.05, 3.63) is 53.3 Å². The molecule has 2 aromatic rings. The van der Waals surface area contributed by atoms with E-state index in [2.05, 4.69) is 25.2 Å². The van der Waals surface area contributed by atoms with Crippen LogP contribution in [0, 0.1) is 26.7 Å². The maximum atomic E-state index is 12.4. The highest BCUT2D eigenvalue weighted by atomic mass is 32.2. The number of benzene rings is 1. The lowest BCUT2D eigenvalue weighted by atomic mass is 9.94. The normalized spacial score (nSPS) is 15.4. The fourth-order valence-electron chi connectivity index (χ4n) is 4.17. The molecule has 0 saturated carbocycles. The van der Waals surface area contributed by atoms with E-state index in [0.29, 0.717) is 23.9 Å². The van der Waals surface area contributed by atoms with Gasteiger partial charge >= 0.3 is 6.03 Å². The molecule has 0 bridgehead atoms. The van der Waals surface area contributed by atoms with Crippen LogP contribution in [0.5, 0.6) is 0 Å². The number of rotatable bonds is 9. The number of aryl methyl sites for hydroxylation is 3. The van der Waals surface area contributed by atoms with Crippen LogP contribution < -0.4 is 15.4 Å². The van der Waals surface area contributed by atoms with Crippen molar-refractivity contribution in [3.63, 3.8) is 0 Å². The number of sulfonamides is 1. The van der Waals surface area contributed by atoms with Gasteiger partial charge in [0.1, 0.15) is 0 Å². The molecule has 1 aromatic carbocycles. The Labute approximate surface area is 197 Å². The number of amides is 2. The summed E-state index contributed by atoms with van der Waals surface area (Å²) in [5.74, 6) is 0.510. The van der Waals surface area contributed by atoms with Crippen molar-refractivity contribution in [3.8, 4) is 0 Å². The number of hydrogen-bond donors (Lipinski definition) is 3. The summed E-state index contributed by atoms with van der Waals surface area (Å²) >= 11 is 0. The second-order valence-corrected chi connectivity index (χ2v) is 10.6. The molecule has 2 amide bonds. The summed E-state index contributed by atoms with van der Waals surface area (Å²) < 4.78 is 27.6. The Morgan fingerprint density at radius 2 is 1.76 bits per heavy atom. The minimum absolute atomic E-state index is 0.212. The highest BCUT2D eigenvalue weighted by Crippen LogP contribution is 2.20. The van der Waals surface area contributed by atoms with Gasteiger partial charge in [-0.25, -0.2) is 17.9 Å². The van der Waals surface area contributed by atoms with E-state index in [-0.39, 0.29) is 6.03 Å². The molecule has 8 nitrogen and oxygen atoms in total. The van der Waals surface area contributed by atoms with Crippen molar-refractivity contribution in [2.75, 3.05) is 38.0 Å². The van der Waals surface area contributed by atoms with E-state index in [9.17, 15) is 13.2 Å². The lowest BCUT2D eigenvalue weighted by Gasteiger charge is -2.32. The first-order chi connectivity index (χ1) is 15.7. The lowest BCUT2D eigenvalue weighted by molar-refractivity contribution is 0.180. The Kier molecular flexibility index (Phi) is 8.82. The largest absolute Gasteiger partial charge is 0.337 e. The molecule has 0 spiro atoms. The zero-order chi connectivity index (χ0) is 23.8. The van der Waals surface area contributed by atoms with Gasteiger partial charge in [0.25, 0.3) is 0 Å². The molecule has 1 aliphatic rings. The summed E-state index contributed by atoms with van der Waals surface area (Å²) in [6.45, 7) is 9.44. The van der Waals surface area contributed by atoms with Gasteiger partial charge < -0.3 is 15.5 Å². The second kappa shape index (κ2) is 11.6. The van der Waals surface area contributed by atoms with E-state index >= 15 is 0 Å². The number of likely N-dealkylation sites (tertiary alicyclic amines) is 1. The van der Waals surface area contributed by atoms with Gasteiger partial charge in [0.15, 0.2) is 0 Å². The van der Waals surface area contributed by atoms with E-state index in [1.165, 1.54) is 0 Å². The van der Waals surface area contributed by atoms with Gasteiger partial charge in [0.05, 0.1) is 4.90 Å². The first kappa shape index (κ1) is 25.1. The smallest absolute Gasteiger partial charge is 0.319 e. The van der Waals surface area contributed by atoms with Crippen molar-refractivity contribution in [2.45, 2.75) is 44.9 Å². The van der Waals surface area contributed by atoms with Crippen molar-refractivity contribution in [1.29, 1.82) is 0 Å². The topological polar surface area (TPSA) is 103 Å². The molecule has 0 atom stereocenters. The fraction of sp³-hybridized carbons (Fsp3) is 0.500. The number of urea groups is 1. The summed E-state index contributed by atoms with van der Waals surface area (Å²) in [6.07, 6.45) is 2.91. The van der Waals surface area contributed by atoms with E-state index in [1.807, 2.05) is 39.0 Å². The van der Waals surface area contributed by atoms with Crippen LogP contribution in [0.4, 0.5) is 10.5 Å². The van der Waals surface area contributed by atoms with Crippen LogP contribution in [0.15, 0.2) is 41.3 Å². The minimum atomic E-state index is -3.45. The number of pyridine rings is 1. The molecule has 1 aromatic heterocycles. The number of nitrogens with one attached hydrogen (secondary N) is 3. The van der Waals surface area contributed by atoms with Gasteiger partial charge in [-0.15, -0.1) is 0 Å². The van der Waals surface area contributed by atoms with E-state index < -0.39 is 10.0 Å². The SMILES string of the molecule is Cc1cccc(S(=O)(=O)NCCC2CCN(CCNC(=O)Nc3cc(C)nc(C)c3)CC2)c1. The molecule has 3 N–H and O–H groups in total. The molecular formula is C24H35N5O3S. The zero-order valence-corrected chi connectivity index (χ0v) is 20.5. The minimum Gasteiger partial charge on any atom is -0.337 e. The first-order valence-corrected chi connectivity index (χ1v) is 13.0. The average Bonchev–Trinajstić information content (AvgIpc) is 2.74. The third-order valence-electron chi connectivity index (χ3n) is 5.90. The third kappa shape index (κ3) is 8.10. The van der Waals surface area contributed by atoms with Crippen molar-refractivity contribution in [2.24, 2.45) is 5.92 Å². The Morgan fingerprint density at radius 3 is 2.42 bits per heavy atom. The Morgan fingerprint density at radius 1 is 1.06 bits per heavy atom. The number of nitrogens with zero attached hydrogens (tertiary/aromatic N) is 2. The molecule has 3 rings (SSSR count). The molecule has 9 heteroatoms. The molecule has 180 valence electrons. The lowest BCUT2D eigenvalue weighted by Crippen LogP contribution is -2.41. The van der Waals surface area contributed by atoms with Crippen LogP contribution >= 0.6 is 0 Å². The number of hydrogen-bond acceptors (Lipinski definition) is 5. The quantitative estimate of drug-likeness (QED) is 0.519. The van der Waals surface area contributed by atoms with E-state index in [1.54, 1.807) is 18.2 Å². The van der Waals surface area contributed by atoms with Crippen molar-refractivity contribution >= 4 is 21.7 Å². The van der Waals surface area contributed by atoms with E-state index in [4.69, 9.17) is 0 Å². The van der Waals surface area contributed by atoms with Gasteiger partial charge in [-0.3, -0.25) is 4.98 Å². The molecule has 0 aliphatic carbocycles. The number of anilines is 1. The molecule has 0 unspecified atom stereocenters. The zero-order valence-electron chi connectivity index (χ0n) is 19.7. The second-order valence-electron chi connectivity index (χ2n) is 8.81. The van der Waals surface area contributed by atoms with E-state index in [0.717, 1.165) is 61.5 Å². The molecule has 0 radical (unpaired) electrons. The van der Waals surface area contributed by atoms with Gasteiger partial charge in [-0.1, -0.05) is 12.1 Å². The van der Waals surface area contributed by atoms with Crippen LogP contribution in [-0.2, 0) is 10.0 Å². The molecule has 2 heterocycles. The summed E-state index contributed by atoms with van der Waals surface area (Å²) in [4.78, 5) is 19.1. The van der Waals surface area contributed by atoms with Crippen LogP contribution in [0.2, 0.25) is 0 Å².